The Labute approximate surface area is 192 Å². The molecule has 0 atom stereocenters. The Morgan fingerprint density at radius 3 is 2.68 bits per heavy atom. The fraction of sp³-hybridized carbons (Fsp3) is 0.136. The summed E-state index contributed by atoms with van der Waals surface area (Å²) in [5.41, 5.74) is 2.19. The van der Waals surface area contributed by atoms with Gasteiger partial charge in [0, 0.05) is 32.7 Å². The predicted molar refractivity (Wildman–Crippen MR) is 122 cm³/mol. The van der Waals surface area contributed by atoms with Crippen LogP contribution in [0.5, 0.6) is 0 Å². The van der Waals surface area contributed by atoms with Crippen molar-refractivity contribution < 1.29 is 19.1 Å². The van der Waals surface area contributed by atoms with E-state index in [1.54, 1.807) is 35.0 Å². The normalized spacial score (nSPS) is 15.3. The smallest absolute Gasteiger partial charge is 0.325 e. The van der Waals surface area contributed by atoms with Crippen molar-refractivity contribution in [3.8, 4) is 0 Å². The summed E-state index contributed by atoms with van der Waals surface area (Å²) in [5.74, 6) is -0.779. The summed E-state index contributed by atoms with van der Waals surface area (Å²) < 4.78 is 6.52. The van der Waals surface area contributed by atoms with E-state index in [4.69, 9.17) is 27.9 Å². The number of carbonyl (C=O) groups is 3. The highest BCUT2D eigenvalue weighted by molar-refractivity contribution is 8.18. The molecule has 2 heterocycles. The molecule has 1 aliphatic rings. The van der Waals surface area contributed by atoms with Crippen LogP contribution in [0, 0.1) is 0 Å². The summed E-state index contributed by atoms with van der Waals surface area (Å²) in [6, 6.07) is 12.4. The zero-order valence-corrected chi connectivity index (χ0v) is 18.6. The number of para-hydroxylation sites is 1. The van der Waals surface area contributed by atoms with Gasteiger partial charge in [0.2, 0.25) is 0 Å². The molecule has 2 amide bonds. The van der Waals surface area contributed by atoms with Gasteiger partial charge in [-0.15, -0.1) is 0 Å². The first-order chi connectivity index (χ1) is 14.9. The molecule has 31 heavy (non-hydrogen) atoms. The van der Waals surface area contributed by atoms with Crippen LogP contribution in [0.4, 0.5) is 4.79 Å². The number of nitrogens with zero attached hydrogens (tertiary/aromatic N) is 2. The Kier molecular flexibility index (Phi) is 6.09. The van der Waals surface area contributed by atoms with E-state index >= 15 is 0 Å². The predicted octanol–water partition coefficient (Wildman–Crippen LogP) is 5.36. The number of imide groups is 1. The van der Waals surface area contributed by atoms with E-state index in [-0.39, 0.29) is 24.3 Å². The molecule has 6 nitrogen and oxygen atoms in total. The average molecular weight is 475 g/mol. The molecule has 0 aliphatic carbocycles. The summed E-state index contributed by atoms with van der Waals surface area (Å²) >= 11 is 13.0. The lowest BCUT2D eigenvalue weighted by Crippen LogP contribution is -2.27. The van der Waals surface area contributed by atoms with Crippen molar-refractivity contribution in [3.63, 3.8) is 0 Å². The van der Waals surface area contributed by atoms with Crippen molar-refractivity contribution in [3.05, 3.63) is 74.7 Å². The molecule has 9 heteroatoms. The minimum absolute atomic E-state index is 0.0431. The van der Waals surface area contributed by atoms with E-state index < -0.39 is 5.91 Å². The molecule has 1 aromatic heterocycles. The monoisotopic (exact) mass is 474 g/mol. The van der Waals surface area contributed by atoms with E-state index in [1.807, 2.05) is 24.3 Å². The number of halogens is 2. The fourth-order valence-electron chi connectivity index (χ4n) is 3.32. The summed E-state index contributed by atoms with van der Waals surface area (Å²) in [4.78, 5) is 38.7. The quantitative estimate of drug-likeness (QED) is 0.367. The number of carbonyl (C=O) groups excluding carboxylic acids is 3. The zero-order valence-electron chi connectivity index (χ0n) is 16.3. The van der Waals surface area contributed by atoms with Gasteiger partial charge in [-0.2, -0.15) is 0 Å². The molecule has 3 aromatic rings. The molecule has 1 fully saturated rings. The highest BCUT2D eigenvalue weighted by Gasteiger charge is 2.35. The minimum atomic E-state index is -0.397. The number of esters is 1. The summed E-state index contributed by atoms with van der Waals surface area (Å²) in [6.07, 6.45) is 3.44. The van der Waals surface area contributed by atoms with Gasteiger partial charge in [-0.05, 0) is 41.6 Å². The van der Waals surface area contributed by atoms with Crippen LogP contribution in [-0.4, -0.2) is 33.7 Å². The summed E-state index contributed by atoms with van der Waals surface area (Å²) in [5, 5.41) is 1.35. The summed E-state index contributed by atoms with van der Waals surface area (Å²) in [7, 11) is 1.33. The number of hydrogen-bond donors (Lipinski definition) is 0. The fourth-order valence-corrected chi connectivity index (χ4v) is 4.62. The lowest BCUT2D eigenvalue weighted by atomic mass is 10.1. The third-order valence-electron chi connectivity index (χ3n) is 4.85. The number of thioether (sulfide) groups is 1. The van der Waals surface area contributed by atoms with Gasteiger partial charge in [-0.3, -0.25) is 19.3 Å². The topological polar surface area (TPSA) is 68.6 Å². The van der Waals surface area contributed by atoms with Crippen LogP contribution in [0.1, 0.15) is 11.1 Å². The molecule has 0 unspecified atom stereocenters. The SMILES string of the molecule is COC(=O)Cn1cc(/C=C2\SC(=O)N(Cc3ccc(Cl)cc3Cl)C2=O)c2ccccc21. The number of fused-ring (bicyclic) bond motifs is 1. The largest absolute Gasteiger partial charge is 0.468 e. The van der Waals surface area contributed by atoms with Crippen molar-refractivity contribution in [2.75, 3.05) is 7.11 Å². The lowest BCUT2D eigenvalue weighted by molar-refractivity contribution is -0.141. The average Bonchev–Trinajstić information content (AvgIpc) is 3.22. The Bertz CT molecular complexity index is 1250. The van der Waals surface area contributed by atoms with Crippen LogP contribution in [0.2, 0.25) is 10.0 Å². The molecule has 0 spiro atoms. The Morgan fingerprint density at radius 1 is 1.16 bits per heavy atom. The first-order valence-corrected chi connectivity index (χ1v) is 10.8. The van der Waals surface area contributed by atoms with Crippen LogP contribution in [0.25, 0.3) is 17.0 Å². The number of amides is 2. The molecule has 0 saturated carbocycles. The van der Waals surface area contributed by atoms with Crippen molar-refractivity contribution in [2.45, 2.75) is 13.1 Å². The number of methoxy groups -OCH3 is 1. The number of ether oxygens (including phenoxy) is 1. The minimum Gasteiger partial charge on any atom is -0.468 e. The zero-order chi connectivity index (χ0) is 22.1. The van der Waals surface area contributed by atoms with Crippen LogP contribution in [0.3, 0.4) is 0 Å². The second kappa shape index (κ2) is 8.78. The molecule has 0 radical (unpaired) electrons. The van der Waals surface area contributed by atoms with Crippen molar-refractivity contribution in [1.82, 2.24) is 9.47 Å². The van der Waals surface area contributed by atoms with Crippen LogP contribution in [0.15, 0.2) is 53.6 Å². The maximum Gasteiger partial charge on any atom is 0.325 e. The van der Waals surface area contributed by atoms with E-state index in [0.717, 1.165) is 33.1 Å². The van der Waals surface area contributed by atoms with E-state index in [1.165, 1.54) is 7.11 Å². The van der Waals surface area contributed by atoms with Crippen LogP contribution < -0.4 is 0 Å². The van der Waals surface area contributed by atoms with Crippen LogP contribution in [-0.2, 0) is 27.4 Å². The number of hydrogen-bond acceptors (Lipinski definition) is 5. The number of rotatable bonds is 5. The van der Waals surface area contributed by atoms with Crippen LogP contribution >= 0.6 is 35.0 Å². The first-order valence-electron chi connectivity index (χ1n) is 9.21. The van der Waals surface area contributed by atoms with Gasteiger partial charge < -0.3 is 9.30 Å². The maximum absolute atomic E-state index is 12.9. The molecule has 158 valence electrons. The van der Waals surface area contributed by atoms with Crippen molar-refractivity contribution >= 4 is 69.1 Å². The third kappa shape index (κ3) is 4.35. The van der Waals surface area contributed by atoms with Gasteiger partial charge in [0.05, 0.1) is 18.6 Å². The first kappa shape index (κ1) is 21.5. The second-order valence-electron chi connectivity index (χ2n) is 6.81. The van der Waals surface area contributed by atoms with Gasteiger partial charge in [-0.25, -0.2) is 0 Å². The maximum atomic E-state index is 12.9. The molecule has 4 rings (SSSR count). The highest BCUT2D eigenvalue weighted by atomic mass is 35.5. The highest BCUT2D eigenvalue weighted by Crippen LogP contribution is 2.36. The second-order valence-corrected chi connectivity index (χ2v) is 8.65. The Hall–Kier alpha value is -2.74. The van der Waals surface area contributed by atoms with Gasteiger partial charge in [0.15, 0.2) is 0 Å². The van der Waals surface area contributed by atoms with Gasteiger partial charge in [0.1, 0.15) is 6.54 Å². The third-order valence-corrected chi connectivity index (χ3v) is 6.34. The van der Waals surface area contributed by atoms with E-state index in [2.05, 4.69) is 0 Å². The molecule has 2 aromatic carbocycles. The molecule has 1 aliphatic heterocycles. The van der Waals surface area contributed by atoms with Crippen molar-refractivity contribution in [1.29, 1.82) is 0 Å². The molecule has 0 N–H and O–H groups in total. The lowest BCUT2D eigenvalue weighted by Gasteiger charge is -2.13. The van der Waals surface area contributed by atoms with Gasteiger partial charge in [-0.1, -0.05) is 47.5 Å². The summed E-state index contributed by atoms with van der Waals surface area (Å²) in [6.45, 7) is 0.101. The standard InChI is InChI=1S/C22H16Cl2N2O4S/c1-30-20(27)12-25-10-14(16-4-2-3-5-18(16)25)8-19-21(28)26(22(29)31-19)11-13-6-7-15(23)9-17(13)24/h2-10H,11-12H2,1H3/b19-8-. The molecular formula is C22H16Cl2N2O4S. The molecule has 0 bridgehead atoms. The number of benzene rings is 2. The molecular weight excluding hydrogens is 459 g/mol. The van der Waals surface area contributed by atoms with E-state index in [9.17, 15) is 14.4 Å². The Morgan fingerprint density at radius 2 is 1.94 bits per heavy atom. The van der Waals surface area contributed by atoms with Crippen molar-refractivity contribution in [2.24, 2.45) is 0 Å². The molecule has 1 saturated heterocycles. The van der Waals surface area contributed by atoms with E-state index in [0.29, 0.717) is 20.5 Å². The number of aromatic nitrogens is 1. The van der Waals surface area contributed by atoms with Gasteiger partial charge >= 0.3 is 5.97 Å². The Balaban J connectivity index is 1.65. The van der Waals surface area contributed by atoms with Gasteiger partial charge in [0.25, 0.3) is 11.1 Å².